The Morgan fingerprint density at radius 1 is 1.37 bits per heavy atom. The quantitative estimate of drug-likeness (QED) is 0.793. The van der Waals surface area contributed by atoms with Gasteiger partial charge in [0.1, 0.15) is 0 Å². The number of aromatic nitrogens is 2. The number of hydrogen-bond acceptors (Lipinski definition) is 7. The molecule has 0 atom stereocenters. The molecule has 1 N–H and O–H groups in total. The Morgan fingerprint density at radius 2 is 2.11 bits per heavy atom. The van der Waals surface area contributed by atoms with Gasteiger partial charge in [0.15, 0.2) is 4.34 Å². The van der Waals surface area contributed by atoms with E-state index in [1.807, 2.05) is 0 Å². The van der Waals surface area contributed by atoms with Gasteiger partial charge in [0.2, 0.25) is 5.13 Å². The fourth-order valence-corrected chi connectivity index (χ4v) is 3.60. The lowest BCUT2D eigenvalue weighted by Crippen LogP contribution is -2.46. The van der Waals surface area contributed by atoms with Crippen LogP contribution in [0.4, 0.5) is 5.13 Å². The maximum atomic E-state index is 10.5. The van der Waals surface area contributed by atoms with Crippen LogP contribution in [0, 0.1) is 0 Å². The van der Waals surface area contributed by atoms with E-state index in [4.69, 9.17) is 5.11 Å². The van der Waals surface area contributed by atoms with Crippen molar-refractivity contribution in [1.82, 2.24) is 15.1 Å². The Morgan fingerprint density at radius 3 is 2.74 bits per heavy atom. The van der Waals surface area contributed by atoms with E-state index in [2.05, 4.69) is 26.9 Å². The van der Waals surface area contributed by atoms with Gasteiger partial charge in [-0.15, -0.1) is 10.2 Å². The zero-order chi connectivity index (χ0) is 13.7. The van der Waals surface area contributed by atoms with Crippen LogP contribution in [0.1, 0.15) is 13.3 Å². The Bertz CT molecular complexity index is 419. The van der Waals surface area contributed by atoms with Crippen molar-refractivity contribution < 1.29 is 9.90 Å². The highest BCUT2D eigenvalue weighted by atomic mass is 32.2. The molecule has 106 valence electrons. The molecular formula is C11H18N4O2S2. The van der Waals surface area contributed by atoms with Crippen LogP contribution in [0.3, 0.4) is 0 Å². The Hall–Kier alpha value is -0.860. The lowest BCUT2D eigenvalue weighted by molar-refractivity contribution is -0.133. The van der Waals surface area contributed by atoms with Gasteiger partial charge in [0.05, 0.1) is 5.75 Å². The number of carboxylic acid groups (broad SMARTS) is 1. The standard InChI is InChI=1S/C11H18N4O2S2/c1-2-3-14-4-6-15(7-5-14)10-12-13-11(19-10)18-8-9(16)17/h2-8H2,1H3,(H,16,17). The highest BCUT2D eigenvalue weighted by molar-refractivity contribution is 8.01. The first kappa shape index (κ1) is 14.5. The summed E-state index contributed by atoms with van der Waals surface area (Å²) in [5.74, 6) is -0.784. The average Bonchev–Trinajstić information content (AvgIpc) is 2.86. The first-order chi connectivity index (χ1) is 9.19. The molecule has 0 spiro atoms. The fraction of sp³-hybridized carbons (Fsp3) is 0.727. The molecule has 19 heavy (non-hydrogen) atoms. The summed E-state index contributed by atoms with van der Waals surface area (Å²) >= 11 is 2.71. The molecule has 2 rings (SSSR count). The number of carbonyl (C=O) groups is 1. The molecule has 0 bridgehead atoms. The summed E-state index contributed by atoms with van der Waals surface area (Å²) < 4.78 is 0.730. The van der Waals surface area contributed by atoms with Crippen molar-refractivity contribution in [1.29, 1.82) is 0 Å². The third-order valence-corrected chi connectivity index (χ3v) is 5.00. The SMILES string of the molecule is CCCN1CCN(c2nnc(SCC(=O)O)s2)CC1. The van der Waals surface area contributed by atoms with E-state index >= 15 is 0 Å². The predicted molar refractivity (Wildman–Crippen MR) is 77.2 cm³/mol. The van der Waals surface area contributed by atoms with Crippen LogP contribution >= 0.6 is 23.1 Å². The van der Waals surface area contributed by atoms with Gasteiger partial charge < -0.3 is 10.0 Å². The van der Waals surface area contributed by atoms with Crippen LogP contribution in [-0.2, 0) is 4.79 Å². The molecular weight excluding hydrogens is 284 g/mol. The molecule has 0 radical (unpaired) electrons. The molecule has 0 aromatic carbocycles. The lowest BCUT2D eigenvalue weighted by Gasteiger charge is -2.33. The molecule has 0 saturated carbocycles. The minimum Gasteiger partial charge on any atom is -0.481 e. The summed E-state index contributed by atoms with van der Waals surface area (Å²) in [7, 11) is 0. The van der Waals surface area contributed by atoms with Gasteiger partial charge in [0.25, 0.3) is 0 Å². The van der Waals surface area contributed by atoms with E-state index in [1.165, 1.54) is 29.5 Å². The number of hydrogen-bond donors (Lipinski definition) is 1. The minimum atomic E-state index is -0.824. The van der Waals surface area contributed by atoms with E-state index in [0.717, 1.165) is 42.2 Å². The maximum absolute atomic E-state index is 10.5. The van der Waals surface area contributed by atoms with Gasteiger partial charge in [-0.05, 0) is 13.0 Å². The molecule has 1 aromatic rings. The molecule has 0 aliphatic carbocycles. The molecule has 1 aromatic heterocycles. The fourth-order valence-electron chi connectivity index (χ4n) is 1.99. The highest BCUT2D eigenvalue weighted by Gasteiger charge is 2.19. The largest absolute Gasteiger partial charge is 0.481 e. The summed E-state index contributed by atoms with van der Waals surface area (Å²) in [6.07, 6.45) is 1.19. The van der Waals surface area contributed by atoms with Crippen LogP contribution < -0.4 is 4.90 Å². The molecule has 1 aliphatic heterocycles. The first-order valence-electron chi connectivity index (χ1n) is 6.34. The first-order valence-corrected chi connectivity index (χ1v) is 8.14. The number of nitrogens with zero attached hydrogens (tertiary/aromatic N) is 4. The van der Waals surface area contributed by atoms with E-state index in [1.54, 1.807) is 0 Å². The molecule has 0 amide bonds. The third kappa shape index (κ3) is 4.32. The smallest absolute Gasteiger partial charge is 0.313 e. The number of piperazine rings is 1. The van der Waals surface area contributed by atoms with Gasteiger partial charge in [-0.25, -0.2) is 0 Å². The molecule has 8 heteroatoms. The monoisotopic (exact) mass is 302 g/mol. The van der Waals surface area contributed by atoms with Gasteiger partial charge in [-0.2, -0.15) is 0 Å². The maximum Gasteiger partial charge on any atom is 0.313 e. The average molecular weight is 302 g/mol. The molecule has 6 nitrogen and oxygen atoms in total. The van der Waals surface area contributed by atoms with Crippen molar-refractivity contribution in [2.75, 3.05) is 43.4 Å². The molecule has 1 fully saturated rings. The minimum absolute atomic E-state index is 0.0406. The molecule has 1 saturated heterocycles. The van der Waals surface area contributed by atoms with E-state index in [-0.39, 0.29) is 5.75 Å². The Balaban J connectivity index is 1.84. The normalized spacial score (nSPS) is 16.8. The number of anilines is 1. The van der Waals surface area contributed by atoms with E-state index in [0.29, 0.717) is 0 Å². The van der Waals surface area contributed by atoms with E-state index in [9.17, 15) is 4.79 Å². The van der Waals surface area contributed by atoms with Crippen molar-refractivity contribution in [2.45, 2.75) is 17.7 Å². The second-order valence-corrected chi connectivity index (χ2v) is 6.54. The van der Waals surface area contributed by atoms with Gasteiger partial charge >= 0.3 is 5.97 Å². The second kappa shape index (κ2) is 7.06. The van der Waals surface area contributed by atoms with Crippen molar-refractivity contribution >= 4 is 34.2 Å². The number of carboxylic acids is 1. The summed E-state index contributed by atoms with van der Waals surface area (Å²) in [5.41, 5.74) is 0. The van der Waals surface area contributed by atoms with Crippen molar-refractivity contribution in [3.8, 4) is 0 Å². The lowest BCUT2D eigenvalue weighted by atomic mass is 10.3. The Labute approximate surface area is 120 Å². The van der Waals surface area contributed by atoms with Gasteiger partial charge in [-0.3, -0.25) is 9.69 Å². The van der Waals surface area contributed by atoms with E-state index < -0.39 is 5.97 Å². The number of aliphatic carboxylic acids is 1. The second-order valence-electron chi connectivity index (χ2n) is 4.36. The topological polar surface area (TPSA) is 69.6 Å². The zero-order valence-electron chi connectivity index (χ0n) is 10.9. The Kier molecular flexibility index (Phi) is 5.41. The van der Waals surface area contributed by atoms with Crippen molar-refractivity contribution in [2.24, 2.45) is 0 Å². The van der Waals surface area contributed by atoms with Crippen molar-refractivity contribution in [3.05, 3.63) is 0 Å². The van der Waals surface area contributed by atoms with Gasteiger partial charge in [-0.1, -0.05) is 30.0 Å². The number of thioether (sulfide) groups is 1. The number of rotatable bonds is 6. The van der Waals surface area contributed by atoms with Crippen LogP contribution in [0.2, 0.25) is 0 Å². The van der Waals surface area contributed by atoms with Crippen LogP contribution in [0.25, 0.3) is 0 Å². The summed E-state index contributed by atoms with van der Waals surface area (Å²) in [4.78, 5) is 15.2. The highest BCUT2D eigenvalue weighted by Crippen LogP contribution is 2.28. The molecule has 1 aliphatic rings. The van der Waals surface area contributed by atoms with Crippen LogP contribution in [0.15, 0.2) is 4.34 Å². The van der Waals surface area contributed by atoms with Crippen molar-refractivity contribution in [3.63, 3.8) is 0 Å². The van der Waals surface area contributed by atoms with Gasteiger partial charge in [0, 0.05) is 26.2 Å². The summed E-state index contributed by atoms with van der Waals surface area (Å²) in [6, 6.07) is 0. The summed E-state index contributed by atoms with van der Waals surface area (Å²) in [6.45, 7) is 7.42. The third-order valence-electron chi connectivity index (χ3n) is 2.90. The zero-order valence-corrected chi connectivity index (χ0v) is 12.5. The molecule has 0 unspecified atom stereocenters. The van der Waals surface area contributed by atoms with Crippen LogP contribution in [0.5, 0.6) is 0 Å². The molecule has 2 heterocycles. The summed E-state index contributed by atoms with van der Waals surface area (Å²) in [5, 5.41) is 17.7. The predicted octanol–water partition coefficient (Wildman–Crippen LogP) is 1.25. The van der Waals surface area contributed by atoms with Crippen LogP contribution in [-0.4, -0.2) is 64.6 Å².